The number of aromatic carboxylic acids is 1. The highest BCUT2D eigenvalue weighted by molar-refractivity contribution is 6.00. The van der Waals surface area contributed by atoms with Gasteiger partial charge in [0.1, 0.15) is 0 Å². The van der Waals surface area contributed by atoms with Crippen molar-refractivity contribution in [3.05, 3.63) is 29.3 Å². The van der Waals surface area contributed by atoms with Gasteiger partial charge in [0.2, 0.25) is 0 Å². The molecule has 6 heteroatoms. The summed E-state index contributed by atoms with van der Waals surface area (Å²) in [6.45, 7) is 3.46. The predicted octanol–water partition coefficient (Wildman–Crippen LogP) is 2.22. The molecule has 1 aromatic rings. The third-order valence-electron chi connectivity index (χ3n) is 3.27. The molecule has 108 valence electrons. The minimum atomic E-state index is -1.05. The van der Waals surface area contributed by atoms with E-state index in [2.05, 4.69) is 10.7 Å². The van der Waals surface area contributed by atoms with Gasteiger partial charge in [0.15, 0.2) is 0 Å². The zero-order chi connectivity index (χ0) is 14.5. The summed E-state index contributed by atoms with van der Waals surface area (Å²) in [7, 11) is 0. The van der Waals surface area contributed by atoms with Crippen molar-refractivity contribution in [1.82, 2.24) is 10.4 Å². The van der Waals surface area contributed by atoms with E-state index in [9.17, 15) is 9.59 Å². The molecule has 1 aliphatic heterocycles. The van der Waals surface area contributed by atoms with Crippen LogP contribution in [0.3, 0.4) is 0 Å². The molecule has 0 radical (unpaired) electrons. The third-order valence-corrected chi connectivity index (χ3v) is 3.27. The standard InChI is InChI=1S/C14H19N3O3/c1-10-5-6-12(11(9-10)13(18)19)15-14(20)16-17-7-3-2-4-8-17/h5-6,9H,2-4,7-8H2,1H3,(H,18,19)(H2,15,16,20). The van der Waals surface area contributed by atoms with Gasteiger partial charge >= 0.3 is 12.0 Å². The zero-order valence-corrected chi connectivity index (χ0v) is 11.5. The highest BCUT2D eigenvalue weighted by Gasteiger charge is 2.15. The first-order valence-corrected chi connectivity index (χ1v) is 6.73. The minimum Gasteiger partial charge on any atom is -0.478 e. The van der Waals surface area contributed by atoms with E-state index >= 15 is 0 Å². The number of urea groups is 1. The molecular weight excluding hydrogens is 258 g/mol. The number of carbonyl (C=O) groups is 2. The number of carboxylic acids is 1. The first-order chi connectivity index (χ1) is 9.56. The van der Waals surface area contributed by atoms with Crippen molar-refractivity contribution >= 4 is 17.7 Å². The SMILES string of the molecule is Cc1ccc(NC(=O)NN2CCCCC2)c(C(=O)O)c1. The Morgan fingerprint density at radius 2 is 1.90 bits per heavy atom. The number of rotatable bonds is 3. The fourth-order valence-corrected chi connectivity index (χ4v) is 2.24. The topological polar surface area (TPSA) is 81.7 Å². The van der Waals surface area contributed by atoms with Gasteiger partial charge in [-0.25, -0.2) is 14.6 Å². The average molecular weight is 277 g/mol. The average Bonchev–Trinajstić information content (AvgIpc) is 2.41. The molecule has 3 N–H and O–H groups in total. The molecule has 20 heavy (non-hydrogen) atoms. The van der Waals surface area contributed by atoms with Crippen molar-refractivity contribution < 1.29 is 14.7 Å². The van der Waals surface area contributed by atoms with E-state index in [1.165, 1.54) is 6.42 Å². The van der Waals surface area contributed by atoms with Crippen LogP contribution in [0.5, 0.6) is 0 Å². The van der Waals surface area contributed by atoms with Crippen LogP contribution in [-0.2, 0) is 0 Å². The zero-order valence-electron chi connectivity index (χ0n) is 11.5. The van der Waals surface area contributed by atoms with Crippen LogP contribution in [0.25, 0.3) is 0 Å². The number of amides is 2. The van der Waals surface area contributed by atoms with Crippen molar-refractivity contribution in [3.8, 4) is 0 Å². The Morgan fingerprint density at radius 3 is 2.55 bits per heavy atom. The summed E-state index contributed by atoms with van der Waals surface area (Å²) in [5.74, 6) is -1.05. The quantitative estimate of drug-likeness (QED) is 0.791. The van der Waals surface area contributed by atoms with Crippen LogP contribution < -0.4 is 10.7 Å². The lowest BCUT2D eigenvalue weighted by atomic mass is 10.1. The van der Waals surface area contributed by atoms with Crippen LogP contribution in [0.4, 0.5) is 10.5 Å². The van der Waals surface area contributed by atoms with Gasteiger partial charge in [-0.15, -0.1) is 0 Å². The number of carbonyl (C=O) groups excluding carboxylic acids is 1. The number of aryl methyl sites for hydroxylation is 1. The van der Waals surface area contributed by atoms with Gasteiger partial charge in [-0.2, -0.15) is 0 Å². The van der Waals surface area contributed by atoms with Crippen molar-refractivity contribution in [3.63, 3.8) is 0 Å². The number of nitrogens with one attached hydrogen (secondary N) is 2. The molecule has 1 aliphatic rings. The Balaban J connectivity index is 2.01. The molecule has 2 amide bonds. The molecule has 6 nitrogen and oxygen atoms in total. The summed E-state index contributed by atoms with van der Waals surface area (Å²) in [5, 5.41) is 13.6. The highest BCUT2D eigenvalue weighted by Crippen LogP contribution is 2.17. The second kappa shape index (κ2) is 6.38. The number of hydrazine groups is 1. The highest BCUT2D eigenvalue weighted by atomic mass is 16.4. The number of nitrogens with zero attached hydrogens (tertiary/aromatic N) is 1. The Labute approximate surface area is 117 Å². The maximum atomic E-state index is 11.9. The second-order valence-electron chi connectivity index (χ2n) is 4.97. The van der Waals surface area contributed by atoms with Crippen LogP contribution in [0.15, 0.2) is 18.2 Å². The molecule has 1 aromatic carbocycles. The van der Waals surface area contributed by atoms with E-state index < -0.39 is 12.0 Å². The number of anilines is 1. The van der Waals surface area contributed by atoms with E-state index in [-0.39, 0.29) is 5.56 Å². The van der Waals surface area contributed by atoms with Crippen molar-refractivity contribution in [2.24, 2.45) is 0 Å². The number of carboxylic acid groups (broad SMARTS) is 1. The smallest absolute Gasteiger partial charge is 0.337 e. The fourth-order valence-electron chi connectivity index (χ4n) is 2.24. The van der Waals surface area contributed by atoms with Crippen LogP contribution in [0.2, 0.25) is 0 Å². The lowest BCUT2D eigenvalue weighted by Gasteiger charge is -2.26. The predicted molar refractivity (Wildman–Crippen MR) is 75.7 cm³/mol. The van der Waals surface area contributed by atoms with Gasteiger partial charge in [0.05, 0.1) is 11.3 Å². The normalized spacial score (nSPS) is 15.7. The molecule has 0 saturated carbocycles. The second-order valence-corrected chi connectivity index (χ2v) is 4.97. The first kappa shape index (κ1) is 14.3. The van der Waals surface area contributed by atoms with E-state index in [0.717, 1.165) is 31.5 Å². The monoisotopic (exact) mass is 277 g/mol. The van der Waals surface area contributed by atoms with Crippen LogP contribution >= 0.6 is 0 Å². The van der Waals surface area contributed by atoms with Crippen molar-refractivity contribution in [2.75, 3.05) is 18.4 Å². The Bertz CT molecular complexity index is 510. The van der Waals surface area contributed by atoms with Gasteiger partial charge in [-0.3, -0.25) is 5.43 Å². The van der Waals surface area contributed by atoms with E-state index in [1.54, 1.807) is 18.2 Å². The molecule has 0 unspecified atom stereocenters. The molecule has 0 spiro atoms. The fraction of sp³-hybridized carbons (Fsp3) is 0.429. The lowest BCUT2D eigenvalue weighted by molar-refractivity contribution is 0.0698. The van der Waals surface area contributed by atoms with Crippen molar-refractivity contribution in [2.45, 2.75) is 26.2 Å². The van der Waals surface area contributed by atoms with Gasteiger partial charge in [0, 0.05) is 13.1 Å². The molecule has 0 aromatic heterocycles. The minimum absolute atomic E-state index is 0.0961. The number of hydrogen-bond donors (Lipinski definition) is 3. The molecule has 1 fully saturated rings. The van der Waals surface area contributed by atoms with Crippen LogP contribution in [-0.4, -0.2) is 35.2 Å². The Morgan fingerprint density at radius 1 is 1.20 bits per heavy atom. The number of hydrogen-bond acceptors (Lipinski definition) is 3. The Hall–Kier alpha value is -2.08. The third kappa shape index (κ3) is 3.71. The van der Waals surface area contributed by atoms with Crippen molar-refractivity contribution in [1.29, 1.82) is 0 Å². The molecule has 0 aliphatic carbocycles. The number of piperidine rings is 1. The summed E-state index contributed by atoms with van der Waals surface area (Å²) in [6, 6.07) is 4.51. The summed E-state index contributed by atoms with van der Waals surface area (Å²) >= 11 is 0. The lowest BCUT2D eigenvalue weighted by Crippen LogP contribution is -2.46. The molecule has 0 atom stereocenters. The first-order valence-electron chi connectivity index (χ1n) is 6.73. The maximum Gasteiger partial charge on any atom is 0.337 e. The van der Waals surface area contributed by atoms with E-state index in [1.807, 2.05) is 11.9 Å². The largest absolute Gasteiger partial charge is 0.478 e. The van der Waals surface area contributed by atoms with Crippen LogP contribution in [0.1, 0.15) is 35.2 Å². The molecule has 0 bridgehead atoms. The molecule has 1 heterocycles. The maximum absolute atomic E-state index is 11.9. The Kier molecular flexibility index (Phi) is 4.57. The summed E-state index contributed by atoms with van der Waals surface area (Å²) < 4.78 is 0. The van der Waals surface area contributed by atoms with Gasteiger partial charge in [0.25, 0.3) is 0 Å². The van der Waals surface area contributed by atoms with Gasteiger partial charge in [-0.05, 0) is 31.9 Å². The number of benzene rings is 1. The van der Waals surface area contributed by atoms with Gasteiger partial charge in [-0.1, -0.05) is 18.1 Å². The van der Waals surface area contributed by atoms with E-state index in [4.69, 9.17) is 5.11 Å². The van der Waals surface area contributed by atoms with E-state index in [0.29, 0.717) is 5.69 Å². The molecule has 1 saturated heterocycles. The molecule has 2 rings (SSSR count). The van der Waals surface area contributed by atoms with Crippen LogP contribution in [0, 0.1) is 6.92 Å². The van der Waals surface area contributed by atoms with Gasteiger partial charge < -0.3 is 10.4 Å². The summed E-state index contributed by atoms with van der Waals surface area (Å²) in [5.41, 5.74) is 3.98. The molecular formula is C14H19N3O3. The summed E-state index contributed by atoms with van der Waals surface area (Å²) in [6.07, 6.45) is 3.30. The summed E-state index contributed by atoms with van der Waals surface area (Å²) in [4.78, 5) is 23.0.